The van der Waals surface area contributed by atoms with Gasteiger partial charge in [-0.25, -0.2) is 8.42 Å². The van der Waals surface area contributed by atoms with Crippen LogP contribution in [0.5, 0.6) is 0 Å². The molecule has 1 heterocycles. The quantitative estimate of drug-likeness (QED) is 0.916. The Kier molecular flexibility index (Phi) is 4.71. The van der Waals surface area contributed by atoms with Gasteiger partial charge >= 0.3 is 0 Å². The largest absolute Gasteiger partial charge is 0.392 e. The fourth-order valence-electron chi connectivity index (χ4n) is 2.36. The molecule has 0 spiro atoms. The van der Waals surface area contributed by atoms with Gasteiger partial charge in [0.1, 0.15) is 0 Å². The van der Waals surface area contributed by atoms with Crippen LogP contribution in [-0.4, -0.2) is 43.6 Å². The normalized spacial score (nSPS) is 23.4. The molecule has 1 N–H and O–H groups in total. The van der Waals surface area contributed by atoms with E-state index < -0.39 is 10.0 Å². The van der Waals surface area contributed by atoms with Crippen LogP contribution in [0.15, 0.2) is 23.1 Å². The maximum absolute atomic E-state index is 12.6. The predicted octanol–water partition coefficient (Wildman–Crippen LogP) is 1.63. The number of sulfonamides is 1. The molecule has 1 fully saturated rings. The second-order valence-corrected chi connectivity index (χ2v) is 7.27. The van der Waals surface area contributed by atoms with Gasteiger partial charge in [-0.15, -0.1) is 0 Å². The van der Waals surface area contributed by atoms with Gasteiger partial charge in [0, 0.05) is 18.7 Å². The third-order valence-corrected chi connectivity index (χ3v) is 5.91. The number of halogens is 1. The zero-order valence-corrected chi connectivity index (χ0v) is 13.0. The van der Waals surface area contributed by atoms with Crippen LogP contribution in [0.4, 0.5) is 0 Å². The van der Waals surface area contributed by atoms with Gasteiger partial charge in [0.2, 0.25) is 10.0 Å². The lowest BCUT2D eigenvalue weighted by Gasteiger charge is -2.26. The summed E-state index contributed by atoms with van der Waals surface area (Å²) in [7, 11) is -2.06. The molecule has 0 bridgehead atoms. The second-order valence-electron chi connectivity index (χ2n) is 4.86. The summed E-state index contributed by atoms with van der Waals surface area (Å²) in [5.41, 5.74) is 0.505. The Bertz CT molecular complexity index is 590. The maximum atomic E-state index is 12.6. The van der Waals surface area contributed by atoms with Crippen LogP contribution in [0, 0.1) is 0 Å². The smallest absolute Gasteiger partial charge is 0.243 e. The summed E-state index contributed by atoms with van der Waals surface area (Å²) < 4.78 is 31.9. The number of hydrogen-bond donors (Lipinski definition) is 1. The Morgan fingerprint density at radius 1 is 1.50 bits per heavy atom. The Morgan fingerprint density at radius 2 is 2.20 bits per heavy atom. The summed E-state index contributed by atoms with van der Waals surface area (Å²) in [6.45, 7) is 2.21. The Labute approximate surface area is 124 Å². The van der Waals surface area contributed by atoms with E-state index in [0.29, 0.717) is 18.6 Å². The van der Waals surface area contributed by atoms with E-state index in [1.54, 1.807) is 7.05 Å². The van der Waals surface area contributed by atoms with E-state index >= 15 is 0 Å². The molecule has 1 aliphatic rings. The molecule has 0 aliphatic carbocycles. The molecule has 5 nitrogen and oxygen atoms in total. The Hall–Kier alpha value is -0.660. The number of likely N-dealkylation sites (N-methyl/N-ethyl adjacent to an activating group) is 1. The fourth-order valence-corrected chi connectivity index (χ4v) is 4.14. The first kappa shape index (κ1) is 15.7. The van der Waals surface area contributed by atoms with Crippen molar-refractivity contribution in [3.63, 3.8) is 0 Å². The van der Waals surface area contributed by atoms with Gasteiger partial charge in [0.05, 0.1) is 23.6 Å². The molecule has 0 amide bonds. The molecule has 2 atom stereocenters. The standard InChI is InChI=1S/C13H18ClNO4S/c1-9-13(5-6-19-9)15(2)20(17,18)11-4-3-10(8-16)12(14)7-11/h3-4,7,9,13,16H,5-6,8H2,1-2H3. The summed E-state index contributed by atoms with van der Waals surface area (Å²) in [4.78, 5) is 0.126. The minimum absolute atomic E-state index is 0.123. The molecule has 20 heavy (non-hydrogen) atoms. The van der Waals surface area contributed by atoms with E-state index in [4.69, 9.17) is 21.4 Å². The molecular formula is C13H18ClNO4S. The number of hydrogen-bond acceptors (Lipinski definition) is 4. The number of aliphatic hydroxyl groups excluding tert-OH is 1. The molecule has 0 aromatic heterocycles. The van der Waals surface area contributed by atoms with Crippen molar-refractivity contribution < 1.29 is 18.3 Å². The lowest BCUT2D eigenvalue weighted by Crippen LogP contribution is -2.40. The van der Waals surface area contributed by atoms with Crippen LogP contribution in [0.2, 0.25) is 5.02 Å². The first-order valence-electron chi connectivity index (χ1n) is 6.37. The van der Waals surface area contributed by atoms with E-state index in [9.17, 15) is 8.42 Å². The molecule has 1 saturated heterocycles. The minimum Gasteiger partial charge on any atom is -0.392 e. The molecule has 2 unspecified atom stereocenters. The Balaban J connectivity index is 2.32. The van der Waals surface area contributed by atoms with Crippen molar-refractivity contribution >= 4 is 21.6 Å². The van der Waals surface area contributed by atoms with E-state index in [0.717, 1.165) is 0 Å². The van der Waals surface area contributed by atoms with E-state index in [-0.39, 0.29) is 28.7 Å². The molecule has 1 aliphatic heterocycles. The van der Waals surface area contributed by atoms with Crippen molar-refractivity contribution in [1.29, 1.82) is 0 Å². The van der Waals surface area contributed by atoms with E-state index in [1.165, 1.54) is 22.5 Å². The van der Waals surface area contributed by atoms with Crippen LogP contribution in [-0.2, 0) is 21.4 Å². The second kappa shape index (κ2) is 5.99. The maximum Gasteiger partial charge on any atom is 0.243 e. The van der Waals surface area contributed by atoms with Crippen molar-refractivity contribution in [1.82, 2.24) is 4.31 Å². The third-order valence-electron chi connectivity index (χ3n) is 3.68. The van der Waals surface area contributed by atoms with Crippen molar-refractivity contribution in [2.24, 2.45) is 0 Å². The third kappa shape index (κ3) is 2.84. The lowest BCUT2D eigenvalue weighted by molar-refractivity contribution is 0.102. The van der Waals surface area contributed by atoms with Gasteiger partial charge in [-0.05, 0) is 31.0 Å². The molecule has 0 radical (unpaired) electrons. The predicted molar refractivity (Wildman–Crippen MR) is 76.1 cm³/mol. The van der Waals surface area contributed by atoms with Gasteiger partial charge in [0.15, 0.2) is 0 Å². The van der Waals surface area contributed by atoms with Crippen molar-refractivity contribution in [3.05, 3.63) is 28.8 Å². The molecule has 1 aromatic rings. The van der Waals surface area contributed by atoms with Gasteiger partial charge < -0.3 is 9.84 Å². The number of benzene rings is 1. The van der Waals surface area contributed by atoms with Gasteiger partial charge in [-0.3, -0.25) is 0 Å². The first-order valence-corrected chi connectivity index (χ1v) is 8.18. The molecule has 112 valence electrons. The average molecular weight is 320 g/mol. The van der Waals surface area contributed by atoms with E-state index in [1.807, 2.05) is 6.92 Å². The molecular weight excluding hydrogens is 302 g/mol. The van der Waals surface area contributed by atoms with Crippen LogP contribution >= 0.6 is 11.6 Å². The fraction of sp³-hybridized carbons (Fsp3) is 0.538. The van der Waals surface area contributed by atoms with Crippen molar-refractivity contribution in [3.8, 4) is 0 Å². The lowest BCUT2D eigenvalue weighted by atomic mass is 10.2. The summed E-state index contributed by atoms with van der Waals surface area (Å²) in [6.07, 6.45) is 0.557. The van der Waals surface area contributed by atoms with Crippen LogP contribution < -0.4 is 0 Å². The summed E-state index contributed by atoms with van der Waals surface area (Å²) in [5, 5.41) is 9.32. The van der Waals surface area contributed by atoms with Crippen molar-refractivity contribution in [2.45, 2.75) is 37.0 Å². The summed E-state index contributed by atoms with van der Waals surface area (Å²) >= 11 is 5.96. The highest BCUT2D eigenvalue weighted by Crippen LogP contribution is 2.27. The summed E-state index contributed by atoms with van der Waals surface area (Å²) in [5.74, 6) is 0. The first-order chi connectivity index (χ1) is 9.37. The number of nitrogens with zero attached hydrogens (tertiary/aromatic N) is 1. The SMILES string of the molecule is CC1OCCC1N(C)S(=O)(=O)c1ccc(CO)c(Cl)c1. The van der Waals surface area contributed by atoms with Crippen molar-refractivity contribution in [2.75, 3.05) is 13.7 Å². The number of ether oxygens (including phenoxy) is 1. The number of rotatable bonds is 4. The molecule has 0 saturated carbocycles. The highest BCUT2D eigenvalue weighted by atomic mass is 35.5. The summed E-state index contributed by atoms with van der Waals surface area (Å²) in [6, 6.07) is 4.19. The van der Waals surface area contributed by atoms with Crippen LogP contribution in [0.1, 0.15) is 18.9 Å². The molecule has 2 rings (SSSR count). The number of aliphatic hydroxyl groups is 1. The monoisotopic (exact) mass is 319 g/mol. The minimum atomic E-state index is -3.62. The van der Waals surface area contributed by atoms with Gasteiger partial charge in [-0.1, -0.05) is 17.7 Å². The van der Waals surface area contributed by atoms with Gasteiger partial charge in [0.25, 0.3) is 0 Å². The van der Waals surface area contributed by atoms with E-state index in [2.05, 4.69) is 0 Å². The zero-order valence-electron chi connectivity index (χ0n) is 11.4. The average Bonchev–Trinajstić information content (AvgIpc) is 2.83. The van der Waals surface area contributed by atoms with Gasteiger partial charge in [-0.2, -0.15) is 4.31 Å². The molecule has 7 heteroatoms. The highest BCUT2D eigenvalue weighted by Gasteiger charge is 2.35. The Morgan fingerprint density at radius 3 is 2.70 bits per heavy atom. The topological polar surface area (TPSA) is 66.8 Å². The molecule has 1 aromatic carbocycles. The van der Waals surface area contributed by atoms with Crippen LogP contribution in [0.25, 0.3) is 0 Å². The zero-order chi connectivity index (χ0) is 14.9. The van der Waals surface area contributed by atoms with Crippen LogP contribution in [0.3, 0.4) is 0 Å². The highest BCUT2D eigenvalue weighted by molar-refractivity contribution is 7.89.